The quantitative estimate of drug-likeness (QED) is 0.509. The number of alkyl halides is 1. The molecule has 0 spiro atoms. The van der Waals surface area contributed by atoms with Gasteiger partial charge in [-0.2, -0.15) is 0 Å². The van der Waals surface area contributed by atoms with E-state index in [0.717, 1.165) is 23.4 Å². The molecule has 4 heteroatoms. The molecule has 0 radical (unpaired) electrons. The van der Waals surface area contributed by atoms with Crippen molar-refractivity contribution >= 4 is 23.2 Å². The van der Waals surface area contributed by atoms with Gasteiger partial charge in [0, 0.05) is 24.6 Å². The lowest BCUT2D eigenvalue weighted by atomic mass is 9.98. The molecule has 0 aromatic heterocycles. The highest BCUT2D eigenvalue weighted by atomic mass is 35.5. The van der Waals surface area contributed by atoms with Crippen molar-refractivity contribution in [3.8, 4) is 0 Å². The normalized spacial score (nSPS) is 12.6. The van der Waals surface area contributed by atoms with E-state index in [1.54, 1.807) is 7.11 Å². The molecule has 1 unspecified atom stereocenters. The summed E-state index contributed by atoms with van der Waals surface area (Å²) in [5.74, 6) is 1.02. The van der Waals surface area contributed by atoms with Gasteiger partial charge in [-0.3, -0.25) is 0 Å². The largest absolute Gasteiger partial charge is 0.382 e. The van der Waals surface area contributed by atoms with Crippen molar-refractivity contribution in [2.75, 3.05) is 32.8 Å². The van der Waals surface area contributed by atoms with Gasteiger partial charge < -0.3 is 9.47 Å². The van der Waals surface area contributed by atoms with Crippen molar-refractivity contribution < 1.29 is 9.47 Å². The minimum atomic E-state index is 0.397. The molecule has 1 aromatic carbocycles. The van der Waals surface area contributed by atoms with Gasteiger partial charge in [0.05, 0.1) is 13.2 Å². The summed E-state index contributed by atoms with van der Waals surface area (Å²) in [4.78, 5) is 0. The van der Waals surface area contributed by atoms with Crippen molar-refractivity contribution in [2.24, 2.45) is 5.92 Å². The molecule has 1 aromatic rings. The molecule has 0 fully saturated rings. The summed E-state index contributed by atoms with van der Waals surface area (Å²) in [7, 11) is 1.67. The summed E-state index contributed by atoms with van der Waals surface area (Å²) in [6, 6.07) is 7.90. The van der Waals surface area contributed by atoms with Gasteiger partial charge >= 0.3 is 0 Å². The lowest BCUT2D eigenvalue weighted by Crippen LogP contribution is -2.12. The summed E-state index contributed by atoms with van der Waals surface area (Å²) in [5.41, 5.74) is 1.15. The fourth-order valence-electron chi connectivity index (χ4n) is 1.70. The average molecular weight is 291 g/mol. The summed E-state index contributed by atoms with van der Waals surface area (Å²) in [6.45, 7) is 1.98. The highest BCUT2D eigenvalue weighted by Crippen LogP contribution is 2.21. The number of hydrogen-bond donors (Lipinski definition) is 0. The lowest BCUT2D eigenvalue weighted by Gasteiger charge is -2.14. The molecule has 0 aliphatic heterocycles. The predicted octanol–water partition coefficient (Wildman–Crippen LogP) is 3.79. The molecule has 1 atom stereocenters. The summed E-state index contributed by atoms with van der Waals surface area (Å²) in [6.07, 6.45) is 1.84. The Morgan fingerprint density at radius 2 is 1.94 bits per heavy atom. The van der Waals surface area contributed by atoms with Crippen LogP contribution in [0.4, 0.5) is 0 Å². The molecule has 0 bridgehead atoms. The van der Waals surface area contributed by atoms with Gasteiger partial charge in [0.15, 0.2) is 0 Å². The molecule has 2 nitrogen and oxygen atoms in total. The van der Waals surface area contributed by atoms with Crippen LogP contribution in [0.15, 0.2) is 24.3 Å². The summed E-state index contributed by atoms with van der Waals surface area (Å²) < 4.78 is 10.4. The van der Waals surface area contributed by atoms with Crippen LogP contribution in [-0.4, -0.2) is 32.8 Å². The Labute approximate surface area is 119 Å². The molecule has 0 heterocycles. The molecule has 0 aliphatic carbocycles. The molecule has 0 N–H and O–H groups in total. The summed E-state index contributed by atoms with van der Waals surface area (Å²) in [5, 5.41) is 0.813. The van der Waals surface area contributed by atoms with E-state index in [4.69, 9.17) is 32.7 Å². The first-order chi connectivity index (χ1) is 8.77. The van der Waals surface area contributed by atoms with Crippen LogP contribution in [0, 0.1) is 5.92 Å². The topological polar surface area (TPSA) is 18.5 Å². The second kappa shape index (κ2) is 9.62. The highest BCUT2D eigenvalue weighted by Gasteiger charge is 2.10. The molecule has 0 amide bonds. The number of hydrogen-bond acceptors (Lipinski definition) is 2. The molecular weight excluding hydrogens is 271 g/mol. The summed E-state index contributed by atoms with van der Waals surface area (Å²) >= 11 is 12.1. The van der Waals surface area contributed by atoms with E-state index in [-0.39, 0.29) is 0 Å². The van der Waals surface area contributed by atoms with Gasteiger partial charge in [0.1, 0.15) is 0 Å². The van der Waals surface area contributed by atoms with Crippen LogP contribution in [0.2, 0.25) is 5.02 Å². The van der Waals surface area contributed by atoms with E-state index in [2.05, 4.69) is 0 Å². The minimum Gasteiger partial charge on any atom is -0.382 e. The maximum Gasteiger partial charge on any atom is 0.0700 e. The molecule has 0 saturated heterocycles. The molecule has 18 heavy (non-hydrogen) atoms. The van der Waals surface area contributed by atoms with Crippen molar-refractivity contribution in [2.45, 2.75) is 12.8 Å². The van der Waals surface area contributed by atoms with E-state index in [1.807, 2.05) is 24.3 Å². The lowest BCUT2D eigenvalue weighted by molar-refractivity contribution is 0.0647. The third kappa shape index (κ3) is 6.05. The van der Waals surface area contributed by atoms with Crippen molar-refractivity contribution in [3.63, 3.8) is 0 Å². The Morgan fingerprint density at radius 1 is 1.17 bits per heavy atom. The second-order valence-electron chi connectivity index (χ2n) is 4.21. The average Bonchev–Trinajstić information content (AvgIpc) is 2.39. The van der Waals surface area contributed by atoms with E-state index in [0.29, 0.717) is 31.6 Å². The Morgan fingerprint density at radius 3 is 2.61 bits per heavy atom. The van der Waals surface area contributed by atoms with Crippen LogP contribution in [0.3, 0.4) is 0 Å². The number of ether oxygens (including phenoxy) is 2. The van der Waals surface area contributed by atoms with Crippen LogP contribution < -0.4 is 0 Å². The van der Waals surface area contributed by atoms with E-state index in [9.17, 15) is 0 Å². The first-order valence-corrected chi connectivity index (χ1v) is 7.05. The number of benzene rings is 1. The maximum absolute atomic E-state index is 6.14. The first-order valence-electron chi connectivity index (χ1n) is 6.14. The number of halogens is 2. The van der Waals surface area contributed by atoms with E-state index >= 15 is 0 Å². The van der Waals surface area contributed by atoms with E-state index < -0.39 is 0 Å². The van der Waals surface area contributed by atoms with Gasteiger partial charge in [-0.1, -0.05) is 29.8 Å². The van der Waals surface area contributed by atoms with Gasteiger partial charge in [0.2, 0.25) is 0 Å². The molecule has 1 rings (SSSR count). The Bertz CT molecular complexity index is 331. The standard InChI is InChI=1S/C14H20Cl2O2/c1-17-8-9-18-7-6-12(11-15)10-13-4-2-3-5-14(13)16/h2-5,12H,6-11H2,1H3. The van der Waals surface area contributed by atoms with Gasteiger partial charge in [-0.25, -0.2) is 0 Å². The van der Waals surface area contributed by atoms with Crippen LogP contribution in [0.25, 0.3) is 0 Å². The second-order valence-corrected chi connectivity index (χ2v) is 4.93. The zero-order valence-corrected chi connectivity index (χ0v) is 12.2. The molecule has 102 valence electrons. The Kier molecular flexibility index (Phi) is 8.44. The van der Waals surface area contributed by atoms with Crippen LogP contribution in [-0.2, 0) is 15.9 Å². The number of methoxy groups -OCH3 is 1. The first kappa shape index (κ1) is 15.8. The van der Waals surface area contributed by atoms with Crippen molar-refractivity contribution in [3.05, 3.63) is 34.9 Å². The van der Waals surface area contributed by atoms with Gasteiger partial charge in [-0.15, -0.1) is 11.6 Å². The SMILES string of the molecule is COCCOCCC(CCl)Cc1ccccc1Cl. The van der Waals surface area contributed by atoms with Gasteiger partial charge in [-0.05, 0) is 30.4 Å². The van der Waals surface area contributed by atoms with Crippen LogP contribution in [0.1, 0.15) is 12.0 Å². The third-order valence-electron chi connectivity index (χ3n) is 2.79. The highest BCUT2D eigenvalue weighted by molar-refractivity contribution is 6.31. The number of rotatable bonds is 9. The van der Waals surface area contributed by atoms with Crippen molar-refractivity contribution in [1.29, 1.82) is 0 Å². The van der Waals surface area contributed by atoms with Crippen molar-refractivity contribution in [1.82, 2.24) is 0 Å². The molecule has 0 saturated carbocycles. The van der Waals surface area contributed by atoms with Crippen LogP contribution in [0.5, 0.6) is 0 Å². The molecular formula is C14H20Cl2O2. The smallest absolute Gasteiger partial charge is 0.0700 e. The van der Waals surface area contributed by atoms with Gasteiger partial charge in [0.25, 0.3) is 0 Å². The fraction of sp³-hybridized carbons (Fsp3) is 0.571. The predicted molar refractivity (Wildman–Crippen MR) is 76.7 cm³/mol. The Hall–Kier alpha value is -0.280. The Balaban J connectivity index is 2.31. The molecule has 0 aliphatic rings. The zero-order valence-electron chi connectivity index (χ0n) is 10.7. The third-order valence-corrected chi connectivity index (χ3v) is 3.59. The van der Waals surface area contributed by atoms with Crippen LogP contribution >= 0.6 is 23.2 Å². The maximum atomic E-state index is 6.14. The monoisotopic (exact) mass is 290 g/mol. The van der Waals surface area contributed by atoms with E-state index in [1.165, 1.54) is 0 Å². The zero-order chi connectivity index (χ0) is 13.2. The fourth-order valence-corrected chi connectivity index (χ4v) is 2.18. The minimum absolute atomic E-state index is 0.397.